The first-order chi connectivity index (χ1) is 8.42. The van der Waals surface area contributed by atoms with Crippen LogP contribution in [0.4, 0.5) is 0 Å². The molecule has 0 bridgehead atoms. The number of likely N-dealkylation sites (N-methyl/N-ethyl adjacent to an activating group) is 2. The van der Waals surface area contributed by atoms with E-state index in [0.29, 0.717) is 0 Å². The maximum atomic E-state index is 11.2. The molecular weight excluding hydrogens is 267 g/mol. The summed E-state index contributed by atoms with van der Waals surface area (Å²) in [4.78, 5) is 31.5. The summed E-state index contributed by atoms with van der Waals surface area (Å²) in [6, 6.07) is 0. The van der Waals surface area contributed by atoms with E-state index in [1.807, 2.05) is 0 Å². The highest BCUT2D eigenvalue weighted by atomic mass is 31.1. The number of hydrogen-bond acceptors (Lipinski definition) is 7. The van der Waals surface area contributed by atoms with Crippen LogP contribution in [0.25, 0.3) is 0 Å². The average Bonchev–Trinajstić information content (AvgIpc) is 2.39. The molecule has 104 valence electrons. The van der Waals surface area contributed by atoms with Crippen LogP contribution in [0, 0.1) is 0 Å². The van der Waals surface area contributed by atoms with Crippen molar-refractivity contribution in [1.29, 1.82) is 0 Å². The Morgan fingerprint density at radius 3 is 1.56 bits per heavy atom. The lowest BCUT2D eigenvalue weighted by Gasteiger charge is -2.11. The van der Waals surface area contributed by atoms with Crippen LogP contribution in [0.15, 0.2) is 0 Å². The Bertz CT molecular complexity index is 284. The minimum Gasteiger partial charge on any atom is -0.274 e. The Labute approximate surface area is 105 Å². The van der Waals surface area contributed by atoms with Crippen LogP contribution in [-0.2, 0) is 32.9 Å². The zero-order valence-corrected chi connectivity index (χ0v) is 11.5. The van der Waals surface area contributed by atoms with Crippen molar-refractivity contribution in [3.8, 4) is 0 Å². The van der Waals surface area contributed by atoms with Crippen LogP contribution in [-0.4, -0.2) is 63.5 Å². The van der Waals surface area contributed by atoms with Gasteiger partial charge in [0.2, 0.25) is 0 Å². The fraction of sp³-hybridized carbons (Fsp3) is 0.750. The number of amides is 2. The van der Waals surface area contributed by atoms with Gasteiger partial charge in [-0.1, -0.05) is 0 Å². The Kier molecular flexibility index (Phi) is 8.34. The average molecular weight is 283 g/mol. The van der Waals surface area contributed by atoms with Crippen LogP contribution in [0.5, 0.6) is 0 Å². The molecule has 0 fully saturated rings. The molecule has 0 aliphatic carbocycles. The second kappa shape index (κ2) is 8.90. The van der Waals surface area contributed by atoms with Crippen LogP contribution in [0.2, 0.25) is 0 Å². The van der Waals surface area contributed by atoms with Crippen LogP contribution in [0.1, 0.15) is 0 Å². The quantitative estimate of drug-likeness (QED) is 0.446. The van der Waals surface area contributed by atoms with Crippen molar-refractivity contribution >= 4 is 20.1 Å². The topological polar surface area (TPSA) is 94.6 Å². The zero-order chi connectivity index (χ0) is 14.1. The summed E-state index contributed by atoms with van der Waals surface area (Å²) in [6.07, 6.45) is 0. The number of carbonyl (C=O) groups excluding carboxylic acids is 2. The van der Waals surface area contributed by atoms with Crippen molar-refractivity contribution in [3.63, 3.8) is 0 Å². The smallest absolute Gasteiger partial charge is 0.274 e. The van der Waals surface area contributed by atoms with Gasteiger partial charge in [-0.2, -0.15) is 0 Å². The van der Waals surface area contributed by atoms with E-state index < -0.39 is 33.3 Å². The molecular formula is C8H16N2O7P+. The SMILES string of the molecule is CON(C)C(=O)CO[P+](=O)OCC(=O)N(C)OC. The Hall–Kier alpha value is -1.12. The predicted octanol–water partition coefficient (Wildman–Crippen LogP) is -0.283. The first-order valence-corrected chi connectivity index (χ1v) is 5.86. The summed E-state index contributed by atoms with van der Waals surface area (Å²) in [7, 11) is 2.78. The highest BCUT2D eigenvalue weighted by molar-refractivity contribution is 7.33. The molecule has 0 rings (SSSR count). The molecule has 0 saturated carbocycles. The molecule has 0 spiro atoms. The van der Waals surface area contributed by atoms with E-state index in [1.165, 1.54) is 28.3 Å². The number of nitrogens with zero attached hydrogens (tertiary/aromatic N) is 2. The van der Waals surface area contributed by atoms with Gasteiger partial charge in [0.15, 0.2) is 13.2 Å². The molecule has 0 aliphatic rings. The van der Waals surface area contributed by atoms with Gasteiger partial charge in [0.25, 0.3) is 11.8 Å². The summed E-state index contributed by atoms with van der Waals surface area (Å²) >= 11 is 0. The molecule has 9 nitrogen and oxygen atoms in total. The third kappa shape index (κ3) is 6.58. The van der Waals surface area contributed by atoms with Crippen LogP contribution in [0.3, 0.4) is 0 Å². The number of rotatable bonds is 8. The van der Waals surface area contributed by atoms with Crippen molar-refractivity contribution in [2.45, 2.75) is 0 Å². The Morgan fingerprint density at radius 1 is 0.944 bits per heavy atom. The summed E-state index contributed by atoms with van der Waals surface area (Å²) in [5, 5.41) is 1.82. The Balaban J connectivity index is 3.86. The van der Waals surface area contributed by atoms with Crippen molar-refractivity contribution in [3.05, 3.63) is 0 Å². The molecule has 0 atom stereocenters. The maximum absolute atomic E-state index is 11.2. The van der Waals surface area contributed by atoms with Gasteiger partial charge < -0.3 is 0 Å². The second-order valence-electron chi connectivity index (χ2n) is 2.92. The van der Waals surface area contributed by atoms with E-state index in [9.17, 15) is 14.2 Å². The van der Waals surface area contributed by atoms with E-state index in [4.69, 9.17) is 0 Å². The van der Waals surface area contributed by atoms with Crippen molar-refractivity contribution in [2.24, 2.45) is 0 Å². The molecule has 0 N–H and O–H groups in total. The molecule has 0 aromatic heterocycles. The third-order valence-electron chi connectivity index (χ3n) is 1.84. The van der Waals surface area contributed by atoms with Gasteiger partial charge in [0.05, 0.1) is 14.2 Å². The van der Waals surface area contributed by atoms with E-state index in [1.54, 1.807) is 0 Å². The van der Waals surface area contributed by atoms with Gasteiger partial charge in [0.1, 0.15) is 0 Å². The zero-order valence-electron chi connectivity index (χ0n) is 10.6. The van der Waals surface area contributed by atoms with Gasteiger partial charge in [-0.3, -0.25) is 19.3 Å². The van der Waals surface area contributed by atoms with Crippen molar-refractivity contribution in [1.82, 2.24) is 10.1 Å². The monoisotopic (exact) mass is 283 g/mol. The molecule has 0 aromatic carbocycles. The maximum Gasteiger partial charge on any atom is 0.698 e. The van der Waals surface area contributed by atoms with Gasteiger partial charge in [0, 0.05) is 18.7 Å². The highest BCUT2D eigenvalue weighted by Crippen LogP contribution is 2.23. The summed E-state index contributed by atoms with van der Waals surface area (Å²) < 4.78 is 20.3. The largest absolute Gasteiger partial charge is 0.698 e. The molecule has 0 radical (unpaired) electrons. The number of hydrogen-bond donors (Lipinski definition) is 0. The van der Waals surface area contributed by atoms with Gasteiger partial charge in [-0.25, -0.2) is 10.1 Å². The molecule has 0 aromatic rings. The summed E-state index contributed by atoms with van der Waals surface area (Å²) in [5.74, 6) is -1.07. The number of carbonyl (C=O) groups is 2. The van der Waals surface area contributed by atoms with E-state index in [0.717, 1.165) is 10.1 Å². The number of hydroxylamine groups is 4. The van der Waals surface area contributed by atoms with Gasteiger partial charge in [-0.05, 0) is 0 Å². The molecule has 2 amide bonds. The summed E-state index contributed by atoms with van der Waals surface area (Å²) in [5.41, 5.74) is 0. The lowest BCUT2D eigenvalue weighted by molar-refractivity contribution is -0.171. The van der Waals surface area contributed by atoms with Crippen LogP contribution < -0.4 is 0 Å². The highest BCUT2D eigenvalue weighted by Gasteiger charge is 2.26. The Morgan fingerprint density at radius 2 is 1.28 bits per heavy atom. The molecule has 10 heteroatoms. The first-order valence-electron chi connectivity index (χ1n) is 4.76. The lowest BCUT2D eigenvalue weighted by atomic mass is 10.6. The predicted molar refractivity (Wildman–Crippen MR) is 59.1 cm³/mol. The first kappa shape index (κ1) is 16.9. The van der Waals surface area contributed by atoms with Crippen molar-refractivity contribution in [2.75, 3.05) is 41.5 Å². The fourth-order valence-electron chi connectivity index (χ4n) is 0.639. The van der Waals surface area contributed by atoms with Crippen LogP contribution >= 0.6 is 8.25 Å². The van der Waals surface area contributed by atoms with Gasteiger partial charge in [-0.15, -0.1) is 9.05 Å². The standard InChI is InChI=1S/C8H16N2O7P/c1-9(14-3)7(11)5-16-18(13)17-6-8(12)10(2)15-4/h5-6H2,1-4H3/q+1. The second-order valence-corrected chi connectivity index (χ2v) is 3.88. The fourth-order valence-corrected chi connectivity index (χ4v) is 1.14. The molecule has 18 heavy (non-hydrogen) atoms. The summed E-state index contributed by atoms with van der Waals surface area (Å²) in [6.45, 7) is -0.957. The van der Waals surface area contributed by atoms with E-state index in [-0.39, 0.29) is 0 Å². The molecule has 0 aliphatic heterocycles. The normalized spacial score (nSPS) is 10.0. The lowest BCUT2D eigenvalue weighted by Crippen LogP contribution is -2.29. The van der Waals surface area contributed by atoms with Gasteiger partial charge >= 0.3 is 8.25 Å². The van der Waals surface area contributed by atoms with E-state index >= 15 is 0 Å². The molecule has 0 saturated heterocycles. The van der Waals surface area contributed by atoms with E-state index in [2.05, 4.69) is 18.7 Å². The molecule has 0 unspecified atom stereocenters. The third-order valence-corrected chi connectivity index (χ3v) is 2.52. The minimum atomic E-state index is -2.56. The minimum absolute atomic E-state index is 0.478. The van der Waals surface area contributed by atoms with Crippen molar-refractivity contribution < 1.29 is 32.9 Å². The molecule has 0 heterocycles.